The van der Waals surface area contributed by atoms with Crippen LogP contribution >= 0.6 is 0 Å². The van der Waals surface area contributed by atoms with E-state index in [0.717, 1.165) is 31.7 Å². The molecule has 0 unspecified atom stereocenters. The molecule has 1 heterocycles. The quantitative estimate of drug-likeness (QED) is 0.656. The Hall–Kier alpha value is -1.09. The van der Waals surface area contributed by atoms with Crippen LogP contribution in [-0.4, -0.2) is 24.1 Å². The molecule has 1 aromatic rings. The molecule has 1 N–H and O–H groups in total. The lowest BCUT2D eigenvalue weighted by Crippen LogP contribution is -2.32. The van der Waals surface area contributed by atoms with Gasteiger partial charge in [0.1, 0.15) is 0 Å². The molecule has 0 amide bonds. The zero-order valence-corrected chi connectivity index (χ0v) is 13.7. The molecule has 1 aromatic heterocycles. The molecule has 0 radical (unpaired) electrons. The van der Waals surface area contributed by atoms with E-state index in [2.05, 4.69) is 55.0 Å². The summed E-state index contributed by atoms with van der Waals surface area (Å²) in [5.74, 6) is 0. The van der Waals surface area contributed by atoms with Crippen molar-refractivity contribution in [3.05, 3.63) is 24.0 Å². The summed E-state index contributed by atoms with van der Waals surface area (Å²) in [5, 5.41) is 3.42. The highest BCUT2D eigenvalue weighted by Gasteiger charge is 2.10. The second kappa shape index (κ2) is 9.76. The van der Waals surface area contributed by atoms with Crippen LogP contribution in [0.5, 0.6) is 0 Å². The molecule has 3 nitrogen and oxygen atoms in total. The number of anilines is 1. The number of unbranched alkanes of at least 4 members (excludes halogenated alkanes) is 2. The lowest BCUT2D eigenvalue weighted by atomic mass is 10.2. The van der Waals surface area contributed by atoms with Crippen molar-refractivity contribution in [3.63, 3.8) is 0 Å². The van der Waals surface area contributed by atoms with Crippen molar-refractivity contribution in [1.82, 2.24) is 10.3 Å². The van der Waals surface area contributed by atoms with Crippen LogP contribution in [-0.2, 0) is 6.54 Å². The molecule has 0 atom stereocenters. The summed E-state index contributed by atoms with van der Waals surface area (Å²) in [4.78, 5) is 6.95. The normalized spacial score (nSPS) is 11.1. The van der Waals surface area contributed by atoms with Crippen LogP contribution in [0, 0.1) is 0 Å². The van der Waals surface area contributed by atoms with Crippen LogP contribution < -0.4 is 10.2 Å². The Balaban J connectivity index is 2.67. The van der Waals surface area contributed by atoms with E-state index in [1.807, 2.05) is 6.20 Å². The molecule has 0 aliphatic rings. The zero-order valence-electron chi connectivity index (χ0n) is 13.7. The number of aromatic nitrogens is 1. The van der Waals surface area contributed by atoms with E-state index in [1.165, 1.54) is 24.9 Å². The summed E-state index contributed by atoms with van der Waals surface area (Å²) in [6, 6.07) is 4.90. The Morgan fingerprint density at radius 3 is 2.65 bits per heavy atom. The van der Waals surface area contributed by atoms with Crippen molar-refractivity contribution in [2.24, 2.45) is 0 Å². The SMILES string of the molecule is CCCCCN(c1ccnc(CNCCC)c1)C(C)C. The number of pyridine rings is 1. The van der Waals surface area contributed by atoms with Gasteiger partial charge in [-0.1, -0.05) is 26.7 Å². The number of nitrogens with zero attached hydrogens (tertiary/aromatic N) is 2. The van der Waals surface area contributed by atoms with E-state index in [-0.39, 0.29) is 0 Å². The summed E-state index contributed by atoms with van der Waals surface area (Å²) in [6.45, 7) is 12.0. The van der Waals surface area contributed by atoms with Crippen molar-refractivity contribution in [1.29, 1.82) is 0 Å². The van der Waals surface area contributed by atoms with E-state index in [4.69, 9.17) is 0 Å². The smallest absolute Gasteiger partial charge is 0.0562 e. The van der Waals surface area contributed by atoms with E-state index in [0.29, 0.717) is 6.04 Å². The first-order valence-electron chi connectivity index (χ1n) is 8.11. The van der Waals surface area contributed by atoms with E-state index in [9.17, 15) is 0 Å². The Bertz CT molecular complexity index is 363. The third kappa shape index (κ3) is 5.91. The largest absolute Gasteiger partial charge is 0.369 e. The van der Waals surface area contributed by atoms with Crippen LogP contribution in [0.1, 0.15) is 59.1 Å². The molecule has 3 heteroatoms. The van der Waals surface area contributed by atoms with Gasteiger partial charge in [-0.15, -0.1) is 0 Å². The van der Waals surface area contributed by atoms with Crippen molar-refractivity contribution in [3.8, 4) is 0 Å². The Kier molecular flexibility index (Phi) is 8.28. The Labute approximate surface area is 124 Å². The summed E-state index contributed by atoms with van der Waals surface area (Å²) in [6.07, 6.45) is 6.94. The molecule has 0 spiro atoms. The van der Waals surface area contributed by atoms with Gasteiger partial charge in [0.15, 0.2) is 0 Å². The zero-order chi connectivity index (χ0) is 14.8. The van der Waals surface area contributed by atoms with E-state index in [1.54, 1.807) is 0 Å². The number of hydrogen-bond acceptors (Lipinski definition) is 3. The van der Waals surface area contributed by atoms with Crippen LogP contribution in [0.2, 0.25) is 0 Å². The highest BCUT2D eigenvalue weighted by Crippen LogP contribution is 2.18. The van der Waals surface area contributed by atoms with Gasteiger partial charge in [-0.05, 0) is 45.4 Å². The molecule has 114 valence electrons. The maximum Gasteiger partial charge on any atom is 0.0562 e. The molecule has 0 saturated carbocycles. The average molecular weight is 277 g/mol. The van der Waals surface area contributed by atoms with Gasteiger partial charge in [-0.2, -0.15) is 0 Å². The summed E-state index contributed by atoms with van der Waals surface area (Å²) in [5.41, 5.74) is 2.44. The molecule has 0 saturated heterocycles. The van der Waals surface area contributed by atoms with Gasteiger partial charge in [0.25, 0.3) is 0 Å². The van der Waals surface area contributed by atoms with Crippen molar-refractivity contribution < 1.29 is 0 Å². The van der Waals surface area contributed by atoms with Gasteiger partial charge in [-0.3, -0.25) is 4.98 Å². The minimum atomic E-state index is 0.533. The lowest BCUT2D eigenvalue weighted by molar-refractivity contribution is 0.623. The van der Waals surface area contributed by atoms with Crippen molar-refractivity contribution in [2.45, 2.75) is 66.0 Å². The highest BCUT2D eigenvalue weighted by atomic mass is 15.1. The fourth-order valence-corrected chi connectivity index (χ4v) is 2.35. The van der Waals surface area contributed by atoms with Gasteiger partial charge in [-0.25, -0.2) is 0 Å². The maximum atomic E-state index is 4.46. The van der Waals surface area contributed by atoms with E-state index < -0.39 is 0 Å². The molecule has 0 fully saturated rings. The first-order chi connectivity index (χ1) is 9.69. The third-order valence-electron chi connectivity index (χ3n) is 3.49. The minimum Gasteiger partial charge on any atom is -0.369 e. The molecule has 0 aromatic carbocycles. The van der Waals surface area contributed by atoms with Gasteiger partial charge in [0.05, 0.1) is 5.69 Å². The van der Waals surface area contributed by atoms with Crippen molar-refractivity contribution in [2.75, 3.05) is 18.0 Å². The van der Waals surface area contributed by atoms with Crippen LogP contribution in [0.4, 0.5) is 5.69 Å². The maximum absolute atomic E-state index is 4.46. The average Bonchev–Trinajstić information content (AvgIpc) is 2.44. The molecular formula is C17H31N3. The first-order valence-corrected chi connectivity index (χ1v) is 8.11. The second-order valence-corrected chi connectivity index (χ2v) is 5.68. The fourth-order valence-electron chi connectivity index (χ4n) is 2.35. The van der Waals surface area contributed by atoms with Gasteiger partial charge in [0.2, 0.25) is 0 Å². The van der Waals surface area contributed by atoms with Crippen LogP contribution in [0.15, 0.2) is 18.3 Å². The van der Waals surface area contributed by atoms with Crippen LogP contribution in [0.3, 0.4) is 0 Å². The first kappa shape index (κ1) is 17.0. The number of rotatable bonds is 10. The van der Waals surface area contributed by atoms with Crippen molar-refractivity contribution >= 4 is 5.69 Å². The van der Waals surface area contributed by atoms with E-state index >= 15 is 0 Å². The summed E-state index contributed by atoms with van der Waals surface area (Å²) >= 11 is 0. The molecule has 0 aliphatic carbocycles. The fraction of sp³-hybridized carbons (Fsp3) is 0.706. The molecule has 20 heavy (non-hydrogen) atoms. The van der Waals surface area contributed by atoms with Gasteiger partial charge in [0, 0.05) is 31.0 Å². The summed E-state index contributed by atoms with van der Waals surface area (Å²) < 4.78 is 0. The topological polar surface area (TPSA) is 28.2 Å². The Morgan fingerprint density at radius 2 is 2.00 bits per heavy atom. The predicted molar refractivity (Wildman–Crippen MR) is 88.2 cm³/mol. The third-order valence-corrected chi connectivity index (χ3v) is 3.49. The number of nitrogens with one attached hydrogen (secondary N) is 1. The minimum absolute atomic E-state index is 0.533. The van der Waals surface area contributed by atoms with Gasteiger partial charge < -0.3 is 10.2 Å². The second-order valence-electron chi connectivity index (χ2n) is 5.68. The molecular weight excluding hydrogens is 246 g/mol. The molecule has 1 rings (SSSR count). The molecule has 0 bridgehead atoms. The van der Waals surface area contributed by atoms with Crippen LogP contribution in [0.25, 0.3) is 0 Å². The summed E-state index contributed by atoms with van der Waals surface area (Å²) in [7, 11) is 0. The number of hydrogen-bond donors (Lipinski definition) is 1. The Morgan fingerprint density at radius 1 is 1.20 bits per heavy atom. The van der Waals surface area contributed by atoms with Gasteiger partial charge >= 0.3 is 0 Å². The lowest BCUT2D eigenvalue weighted by Gasteiger charge is -2.29. The molecule has 0 aliphatic heterocycles. The highest BCUT2D eigenvalue weighted by molar-refractivity contribution is 5.47. The monoisotopic (exact) mass is 277 g/mol. The predicted octanol–water partition coefficient (Wildman–Crippen LogP) is 3.99. The standard InChI is InChI=1S/C17H31N3/c1-5-7-8-12-20(15(3)4)17-9-11-19-16(13-17)14-18-10-6-2/h9,11,13,15,18H,5-8,10,12,14H2,1-4H3.